The number of esters is 1. The number of hydrogen-bond acceptors (Lipinski definition) is 3. The van der Waals surface area contributed by atoms with Gasteiger partial charge in [0.1, 0.15) is 0 Å². The van der Waals surface area contributed by atoms with Gasteiger partial charge in [0.15, 0.2) is 5.72 Å². The van der Waals surface area contributed by atoms with Crippen LogP contribution in [0.5, 0.6) is 0 Å². The predicted molar refractivity (Wildman–Crippen MR) is 105 cm³/mol. The summed E-state index contributed by atoms with van der Waals surface area (Å²) in [5, 5.41) is 0. The molecule has 2 aliphatic heterocycles. The van der Waals surface area contributed by atoms with Gasteiger partial charge in [0.25, 0.3) is 0 Å². The van der Waals surface area contributed by atoms with Crippen molar-refractivity contribution in [1.82, 2.24) is 4.90 Å². The van der Waals surface area contributed by atoms with E-state index in [1.807, 2.05) is 84.6 Å². The standard InChI is InChI=1S/C24H23NO3/c1-16-12-13-19-21-20(16)23(27)28-24(21,14-17-8-4-2-5-9-17)25(22(19)26)15-18-10-6-3-7-11-18/h2-13,16,19-21H,14-15H2,1H3. The molecule has 0 N–H and O–H groups in total. The van der Waals surface area contributed by atoms with E-state index in [9.17, 15) is 9.59 Å². The van der Waals surface area contributed by atoms with Gasteiger partial charge < -0.3 is 4.74 Å². The number of hydrogen-bond donors (Lipinski definition) is 0. The molecule has 2 fully saturated rings. The van der Waals surface area contributed by atoms with Crippen LogP contribution in [0.15, 0.2) is 72.8 Å². The monoisotopic (exact) mass is 373 g/mol. The van der Waals surface area contributed by atoms with Crippen LogP contribution in [-0.2, 0) is 27.3 Å². The van der Waals surface area contributed by atoms with E-state index in [0.29, 0.717) is 13.0 Å². The van der Waals surface area contributed by atoms with Crippen molar-refractivity contribution in [3.8, 4) is 0 Å². The summed E-state index contributed by atoms with van der Waals surface area (Å²) in [6, 6.07) is 19.9. The van der Waals surface area contributed by atoms with Gasteiger partial charge in [-0.15, -0.1) is 0 Å². The molecule has 1 aliphatic carbocycles. The molecule has 2 saturated heterocycles. The summed E-state index contributed by atoms with van der Waals surface area (Å²) in [6.45, 7) is 2.49. The lowest BCUT2D eigenvalue weighted by Gasteiger charge is -2.37. The number of rotatable bonds is 4. The molecule has 28 heavy (non-hydrogen) atoms. The SMILES string of the molecule is CC1C=CC2C(=O)N(Cc3ccccc3)C3(Cc4ccccc4)OC(=O)C1C23. The lowest BCUT2D eigenvalue weighted by molar-refractivity contribution is -0.172. The van der Waals surface area contributed by atoms with Crippen LogP contribution in [0.4, 0.5) is 0 Å². The van der Waals surface area contributed by atoms with Crippen LogP contribution in [0.1, 0.15) is 18.1 Å². The van der Waals surface area contributed by atoms with Crippen LogP contribution in [0.2, 0.25) is 0 Å². The highest BCUT2D eigenvalue weighted by molar-refractivity contribution is 5.90. The van der Waals surface area contributed by atoms with Crippen molar-refractivity contribution in [2.24, 2.45) is 23.7 Å². The topological polar surface area (TPSA) is 46.6 Å². The second kappa shape index (κ2) is 6.33. The van der Waals surface area contributed by atoms with E-state index in [1.54, 1.807) is 0 Å². The minimum absolute atomic E-state index is 0.0606. The van der Waals surface area contributed by atoms with Gasteiger partial charge in [-0.1, -0.05) is 79.7 Å². The Morgan fingerprint density at radius 3 is 2.25 bits per heavy atom. The molecular formula is C24H23NO3. The molecular weight excluding hydrogens is 350 g/mol. The summed E-state index contributed by atoms with van der Waals surface area (Å²) in [6.07, 6.45) is 4.53. The van der Waals surface area contributed by atoms with E-state index in [1.165, 1.54) is 0 Å². The van der Waals surface area contributed by atoms with E-state index >= 15 is 0 Å². The van der Waals surface area contributed by atoms with Crippen LogP contribution in [0, 0.1) is 23.7 Å². The molecule has 2 aromatic carbocycles. The smallest absolute Gasteiger partial charge is 0.312 e. The number of ether oxygens (including phenoxy) is 1. The van der Waals surface area contributed by atoms with Crippen LogP contribution in [0.3, 0.4) is 0 Å². The Bertz CT molecular complexity index is 939. The van der Waals surface area contributed by atoms with Gasteiger partial charge in [-0.05, 0) is 17.0 Å². The first kappa shape index (κ1) is 17.2. The molecule has 4 heteroatoms. The van der Waals surface area contributed by atoms with Gasteiger partial charge in [0, 0.05) is 18.9 Å². The van der Waals surface area contributed by atoms with E-state index in [0.717, 1.165) is 11.1 Å². The summed E-state index contributed by atoms with van der Waals surface area (Å²) < 4.78 is 6.14. The molecule has 0 spiro atoms. The summed E-state index contributed by atoms with van der Waals surface area (Å²) in [4.78, 5) is 28.2. The average molecular weight is 373 g/mol. The largest absolute Gasteiger partial charge is 0.438 e. The third kappa shape index (κ3) is 2.44. The van der Waals surface area contributed by atoms with Gasteiger partial charge in [0.05, 0.1) is 11.8 Å². The molecule has 4 nitrogen and oxygen atoms in total. The molecule has 0 bridgehead atoms. The molecule has 3 aliphatic rings. The van der Waals surface area contributed by atoms with Gasteiger partial charge >= 0.3 is 5.97 Å². The van der Waals surface area contributed by atoms with Crippen LogP contribution >= 0.6 is 0 Å². The third-order valence-electron chi connectivity index (χ3n) is 6.52. The van der Waals surface area contributed by atoms with Crippen LogP contribution < -0.4 is 0 Å². The summed E-state index contributed by atoms with van der Waals surface area (Å²) in [5.74, 6) is -0.727. The van der Waals surface area contributed by atoms with Crippen molar-refractivity contribution >= 4 is 11.9 Å². The molecule has 5 rings (SSSR count). The number of amides is 1. The first-order valence-corrected chi connectivity index (χ1v) is 9.91. The number of allylic oxidation sites excluding steroid dienone is 1. The van der Waals surface area contributed by atoms with Gasteiger partial charge in [-0.25, -0.2) is 0 Å². The minimum atomic E-state index is -0.917. The summed E-state index contributed by atoms with van der Waals surface area (Å²) in [7, 11) is 0. The Balaban J connectivity index is 1.62. The number of carbonyl (C=O) groups excluding carboxylic acids is 2. The van der Waals surface area contributed by atoms with E-state index < -0.39 is 5.72 Å². The van der Waals surface area contributed by atoms with Crippen molar-refractivity contribution in [3.05, 3.63) is 83.9 Å². The Morgan fingerprint density at radius 2 is 1.57 bits per heavy atom. The predicted octanol–water partition coefficient (Wildman–Crippen LogP) is 3.58. The molecule has 0 radical (unpaired) electrons. The Labute approximate surface area is 164 Å². The average Bonchev–Trinajstić information content (AvgIpc) is 3.11. The van der Waals surface area contributed by atoms with Gasteiger partial charge in [-0.2, -0.15) is 0 Å². The van der Waals surface area contributed by atoms with Crippen LogP contribution in [0.25, 0.3) is 0 Å². The fourth-order valence-electron chi connectivity index (χ4n) is 5.27. The van der Waals surface area contributed by atoms with Crippen molar-refractivity contribution < 1.29 is 14.3 Å². The minimum Gasteiger partial charge on any atom is -0.438 e. The lowest BCUT2D eigenvalue weighted by atomic mass is 9.69. The fraction of sp³-hybridized carbons (Fsp3) is 0.333. The Morgan fingerprint density at radius 1 is 0.929 bits per heavy atom. The van der Waals surface area contributed by atoms with E-state index in [2.05, 4.69) is 0 Å². The van der Waals surface area contributed by atoms with Crippen LogP contribution in [-0.4, -0.2) is 22.5 Å². The number of benzene rings is 2. The normalized spacial score (nSPS) is 33.1. The van der Waals surface area contributed by atoms with Gasteiger partial charge in [0.2, 0.25) is 5.91 Å². The maximum atomic E-state index is 13.4. The maximum Gasteiger partial charge on any atom is 0.312 e. The molecule has 2 heterocycles. The zero-order chi connectivity index (χ0) is 19.3. The van der Waals surface area contributed by atoms with Gasteiger partial charge in [-0.3, -0.25) is 14.5 Å². The van der Waals surface area contributed by atoms with Crippen molar-refractivity contribution in [1.29, 1.82) is 0 Å². The first-order chi connectivity index (χ1) is 13.6. The summed E-state index contributed by atoms with van der Waals surface area (Å²) in [5.41, 5.74) is 1.20. The highest BCUT2D eigenvalue weighted by Gasteiger charge is 2.69. The lowest BCUT2D eigenvalue weighted by Crippen LogP contribution is -2.50. The zero-order valence-corrected chi connectivity index (χ0v) is 15.8. The molecule has 1 amide bonds. The molecule has 5 unspecified atom stereocenters. The highest BCUT2D eigenvalue weighted by Crippen LogP contribution is 2.56. The Kier molecular flexibility index (Phi) is 3.90. The Hall–Kier alpha value is -2.88. The van der Waals surface area contributed by atoms with E-state index in [4.69, 9.17) is 4.74 Å². The quantitative estimate of drug-likeness (QED) is 0.608. The summed E-state index contributed by atoms with van der Waals surface area (Å²) >= 11 is 0. The second-order valence-electron chi connectivity index (χ2n) is 8.16. The number of likely N-dealkylation sites (tertiary alicyclic amines) is 1. The second-order valence-corrected chi connectivity index (χ2v) is 8.16. The maximum absolute atomic E-state index is 13.4. The molecule has 0 saturated carbocycles. The fourth-order valence-corrected chi connectivity index (χ4v) is 5.27. The van der Waals surface area contributed by atoms with Crippen molar-refractivity contribution in [2.75, 3.05) is 0 Å². The zero-order valence-electron chi connectivity index (χ0n) is 15.8. The number of nitrogens with zero attached hydrogens (tertiary/aromatic N) is 1. The third-order valence-corrected chi connectivity index (χ3v) is 6.52. The molecule has 142 valence electrons. The van der Waals surface area contributed by atoms with Crippen molar-refractivity contribution in [2.45, 2.75) is 25.6 Å². The number of carbonyl (C=O) groups is 2. The first-order valence-electron chi connectivity index (χ1n) is 9.91. The highest BCUT2D eigenvalue weighted by atomic mass is 16.6. The van der Waals surface area contributed by atoms with Crippen molar-refractivity contribution in [3.63, 3.8) is 0 Å². The molecule has 2 aromatic rings. The van der Waals surface area contributed by atoms with E-state index in [-0.39, 0.29) is 35.5 Å². The molecule has 0 aromatic heterocycles. The molecule has 5 atom stereocenters.